The van der Waals surface area contributed by atoms with Crippen LogP contribution < -0.4 is 5.56 Å². The van der Waals surface area contributed by atoms with E-state index in [1.165, 1.54) is 4.68 Å². The van der Waals surface area contributed by atoms with Crippen LogP contribution in [-0.2, 0) is 16.1 Å². The maximum Gasteiger partial charge on any atom is 0.359 e. The smallest absolute Gasteiger partial charge is 0.359 e. The number of esters is 1. The third kappa shape index (κ3) is 4.49. The van der Waals surface area contributed by atoms with Crippen LogP contribution in [0.4, 0.5) is 0 Å². The summed E-state index contributed by atoms with van der Waals surface area (Å²) in [5, 5.41) is 5.12. The van der Waals surface area contributed by atoms with Crippen LogP contribution in [-0.4, -0.2) is 45.2 Å². The second-order valence-corrected chi connectivity index (χ2v) is 8.28. The van der Waals surface area contributed by atoms with Gasteiger partial charge in [0.2, 0.25) is 0 Å². The molecule has 1 amide bonds. The van der Waals surface area contributed by atoms with Crippen molar-refractivity contribution in [1.82, 2.24) is 14.7 Å². The molecule has 7 nitrogen and oxygen atoms in total. The number of benzene rings is 1. The van der Waals surface area contributed by atoms with Crippen molar-refractivity contribution in [3.05, 3.63) is 40.3 Å². The van der Waals surface area contributed by atoms with Gasteiger partial charge in [0.05, 0.1) is 5.39 Å². The van der Waals surface area contributed by atoms with Gasteiger partial charge in [0.25, 0.3) is 11.5 Å². The van der Waals surface area contributed by atoms with Crippen molar-refractivity contribution < 1.29 is 14.3 Å². The Morgan fingerprint density at radius 1 is 1.14 bits per heavy atom. The predicted molar refractivity (Wildman–Crippen MR) is 111 cm³/mol. The molecule has 1 aromatic carbocycles. The van der Waals surface area contributed by atoms with Crippen LogP contribution >= 0.6 is 0 Å². The van der Waals surface area contributed by atoms with Crippen molar-refractivity contribution in [1.29, 1.82) is 0 Å². The van der Waals surface area contributed by atoms with Gasteiger partial charge in [0.15, 0.2) is 12.3 Å². The van der Waals surface area contributed by atoms with Crippen LogP contribution in [0, 0.1) is 5.92 Å². The topological polar surface area (TPSA) is 81.5 Å². The van der Waals surface area contributed by atoms with E-state index >= 15 is 0 Å². The normalized spacial score (nSPS) is 19.6. The van der Waals surface area contributed by atoms with Gasteiger partial charge in [0, 0.05) is 24.0 Å². The van der Waals surface area contributed by atoms with Crippen LogP contribution in [0.1, 0.15) is 57.4 Å². The van der Waals surface area contributed by atoms with Gasteiger partial charge in [-0.1, -0.05) is 32.0 Å². The van der Waals surface area contributed by atoms with Crippen molar-refractivity contribution in [2.45, 2.75) is 65.6 Å². The molecule has 156 valence electrons. The Labute approximate surface area is 170 Å². The standard InChI is InChI=1S/C22H29N3O4/c1-14(2)12-24-21(27)18-11-6-5-10-17(18)20(23-24)22(28)29-13-19(26)25-15(3)8-7-9-16(25)4/h5-6,10-11,14-16H,7-9,12-13H2,1-4H3/t15-,16+. The summed E-state index contributed by atoms with van der Waals surface area (Å²) in [7, 11) is 0. The van der Waals surface area contributed by atoms with Crippen LogP contribution in [0.2, 0.25) is 0 Å². The summed E-state index contributed by atoms with van der Waals surface area (Å²) in [5.74, 6) is -0.698. The molecule has 0 spiro atoms. The monoisotopic (exact) mass is 399 g/mol. The van der Waals surface area contributed by atoms with Crippen LogP contribution in [0.15, 0.2) is 29.1 Å². The Kier molecular flexibility index (Phi) is 6.35. The van der Waals surface area contributed by atoms with Crippen molar-refractivity contribution in [3.63, 3.8) is 0 Å². The SMILES string of the molecule is CC(C)Cn1nc(C(=O)OCC(=O)N2[C@H](C)CCC[C@@H]2C)c2ccccc2c1=O. The number of carbonyl (C=O) groups excluding carboxylic acids is 2. The number of nitrogens with zero attached hydrogens (tertiary/aromatic N) is 3. The molecule has 1 aliphatic heterocycles. The average Bonchev–Trinajstić information content (AvgIpc) is 2.68. The summed E-state index contributed by atoms with van der Waals surface area (Å²) in [6.07, 6.45) is 3.01. The van der Waals surface area contributed by atoms with E-state index in [-0.39, 0.29) is 41.8 Å². The van der Waals surface area contributed by atoms with E-state index in [9.17, 15) is 14.4 Å². The number of piperidine rings is 1. The number of hydrogen-bond acceptors (Lipinski definition) is 5. The van der Waals surface area contributed by atoms with Crippen LogP contribution in [0.25, 0.3) is 10.8 Å². The third-order valence-electron chi connectivity index (χ3n) is 5.41. The number of fused-ring (bicyclic) bond motifs is 1. The molecule has 1 fully saturated rings. The second-order valence-electron chi connectivity index (χ2n) is 8.28. The Hall–Kier alpha value is -2.70. The van der Waals surface area contributed by atoms with Gasteiger partial charge in [-0.25, -0.2) is 9.48 Å². The molecule has 2 atom stereocenters. The van der Waals surface area contributed by atoms with Crippen molar-refractivity contribution in [2.24, 2.45) is 5.92 Å². The number of amides is 1. The molecule has 0 radical (unpaired) electrons. The van der Waals surface area contributed by atoms with E-state index < -0.39 is 5.97 Å². The van der Waals surface area contributed by atoms with Crippen LogP contribution in [0.3, 0.4) is 0 Å². The summed E-state index contributed by atoms with van der Waals surface area (Å²) >= 11 is 0. The lowest BCUT2D eigenvalue weighted by molar-refractivity contribution is -0.140. The minimum atomic E-state index is -0.690. The molecule has 2 aromatic rings. The van der Waals surface area contributed by atoms with E-state index in [0.29, 0.717) is 17.3 Å². The highest BCUT2D eigenvalue weighted by atomic mass is 16.5. The van der Waals surface area contributed by atoms with Gasteiger partial charge in [-0.15, -0.1) is 0 Å². The molecule has 0 bridgehead atoms. The summed E-state index contributed by atoms with van der Waals surface area (Å²) in [6, 6.07) is 7.12. The molecule has 0 unspecified atom stereocenters. The van der Waals surface area contributed by atoms with E-state index in [1.807, 2.05) is 32.6 Å². The van der Waals surface area contributed by atoms with Crippen LogP contribution in [0.5, 0.6) is 0 Å². The lowest BCUT2D eigenvalue weighted by Gasteiger charge is -2.38. The highest BCUT2D eigenvalue weighted by molar-refractivity contribution is 6.02. The van der Waals surface area contributed by atoms with E-state index in [4.69, 9.17) is 4.74 Å². The zero-order chi connectivity index (χ0) is 21.1. The number of aromatic nitrogens is 2. The lowest BCUT2D eigenvalue weighted by atomic mass is 9.97. The molecule has 0 N–H and O–H groups in total. The highest BCUT2D eigenvalue weighted by Gasteiger charge is 2.30. The van der Waals surface area contributed by atoms with Gasteiger partial charge in [0.1, 0.15) is 0 Å². The minimum absolute atomic E-state index is 0.0633. The highest BCUT2D eigenvalue weighted by Crippen LogP contribution is 2.22. The fourth-order valence-electron chi connectivity index (χ4n) is 4.04. The van der Waals surface area contributed by atoms with Crippen molar-refractivity contribution in [2.75, 3.05) is 6.61 Å². The maximum absolute atomic E-state index is 12.8. The number of rotatable bonds is 5. The van der Waals surface area contributed by atoms with E-state index in [0.717, 1.165) is 19.3 Å². The Bertz CT molecular complexity index is 956. The minimum Gasteiger partial charge on any atom is -0.451 e. The molecule has 29 heavy (non-hydrogen) atoms. The lowest BCUT2D eigenvalue weighted by Crippen LogP contribution is -2.49. The quantitative estimate of drug-likeness (QED) is 0.722. The second kappa shape index (κ2) is 8.76. The Morgan fingerprint density at radius 2 is 1.76 bits per heavy atom. The van der Waals surface area contributed by atoms with Gasteiger partial charge in [-0.05, 0) is 45.1 Å². The molecule has 0 saturated carbocycles. The summed E-state index contributed by atoms with van der Waals surface area (Å²) in [4.78, 5) is 39.9. The summed E-state index contributed by atoms with van der Waals surface area (Å²) in [6.45, 7) is 8.05. The van der Waals surface area contributed by atoms with Gasteiger partial charge in [-0.3, -0.25) is 9.59 Å². The van der Waals surface area contributed by atoms with Gasteiger partial charge < -0.3 is 9.64 Å². The Morgan fingerprint density at radius 3 is 2.38 bits per heavy atom. The number of hydrogen-bond donors (Lipinski definition) is 0. The Balaban J connectivity index is 1.84. The van der Waals surface area contributed by atoms with Crippen molar-refractivity contribution in [3.8, 4) is 0 Å². The zero-order valence-corrected chi connectivity index (χ0v) is 17.6. The molecule has 3 rings (SSSR count). The fourth-order valence-corrected chi connectivity index (χ4v) is 4.04. The van der Waals surface area contributed by atoms with E-state index in [1.54, 1.807) is 24.3 Å². The number of ether oxygens (including phenoxy) is 1. The molecular formula is C22H29N3O4. The average molecular weight is 399 g/mol. The predicted octanol–water partition coefficient (Wildman–Crippen LogP) is 3.00. The first-order valence-electron chi connectivity index (χ1n) is 10.3. The molecule has 7 heteroatoms. The summed E-state index contributed by atoms with van der Waals surface area (Å²) in [5.41, 5.74) is -0.175. The molecule has 1 aromatic heterocycles. The first-order chi connectivity index (χ1) is 13.8. The molecular weight excluding hydrogens is 370 g/mol. The summed E-state index contributed by atoms with van der Waals surface area (Å²) < 4.78 is 6.65. The molecule has 0 aliphatic carbocycles. The van der Waals surface area contributed by atoms with Crippen molar-refractivity contribution >= 4 is 22.6 Å². The number of carbonyl (C=O) groups is 2. The molecule has 1 aliphatic rings. The molecule has 1 saturated heterocycles. The third-order valence-corrected chi connectivity index (χ3v) is 5.41. The number of likely N-dealkylation sites (tertiary alicyclic amines) is 1. The fraction of sp³-hybridized carbons (Fsp3) is 0.545. The maximum atomic E-state index is 12.8. The first kappa shape index (κ1) is 21.0. The first-order valence-corrected chi connectivity index (χ1v) is 10.3. The molecule has 2 heterocycles. The van der Waals surface area contributed by atoms with Gasteiger partial charge >= 0.3 is 5.97 Å². The van der Waals surface area contributed by atoms with Gasteiger partial charge in [-0.2, -0.15) is 5.10 Å². The zero-order valence-electron chi connectivity index (χ0n) is 17.6. The largest absolute Gasteiger partial charge is 0.451 e. The van der Waals surface area contributed by atoms with E-state index in [2.05, 4.69) is 5.10 Å².